The number of thiocarbonyl (C=S) groups is 1. The average molecular weight is 292 g/mol. The summed E-state index contributed by atoms with van der Waals surface area (Å²) in [5, 5.41) is 5.12. The SMILES string of the molecule is O=S(=O)(NN1CCNC1=S)c1ccc(Cl)cc1. The van der Waals surface area contributed by atoms with Crippen LogP contribution in [-0.2, 0) is 10.0 Å². The molecular weight excluding hydrogens is 282 g/mol. The lowest BCUT2D eigenvalue weighted by Gasteiger charge is -2.17. The number of hydrogen-bond acceptors (Lipinski definition) is 3. The molecule has 1 heterocycles. The highest BCUT2D eigenvalue weighted by Gasteiger charge is 2.23. The molecule has 1 aromatic carbocycles. The minimum atomic E-state index is -3.60. The molecule has 0 unspecified atom stereocenters. The van der Waals surface area contributed by atoms with Crippen LogP contribution in [0, 0.1) is 0 Å². The Bertz CT molecular complexity index is 530. The van der Waals surface area contributed by atoms with E-state index in [9.17, 15) is 8.42 Å². The van der Waals surface area contributed by atoms with Crippen LogP contribution in [0.5, 0.6) is 0 Å². The Kier molecular flexibility index (Phi) is 3.53. The molecule has 0 bridgehead atoms. The zero-order valence-electron chi connectivity index (χ0n) is 8.68. The molecule has 5 nitrogen and oxygen atoms in total. The number of sulfonamides is 1. The van der Waals surface area contributed by atoms with Crippen LogP contribution in [0.15, 0.2) is 29.2 Å². The summed E-state index contributed by atoms with van der Waals surface area (Å²) in [5.41, 5.74) is 0. The predicted octanol–water partition coefficient (Wildman–Crippen LogP) is 0.723. The highest BCUT2D eigenvalue weighted by Crippen LogP contribution is 2.14. The van der Waals surface area contributed by atoms with Gasteiger partial charge in [0.05, 0.1) is 11.4 Å². The molecule has 17 heavy (non-hydrogen) atoms. The van der Waals surface area contributed by atoms with Gasteiger partial charge in [0.2, 0.25) is 0 Å². The number of nitrogens with zero attached hydrogens (tertiary/aromatic N) is 1. The van der Waals surface area contributed by atoms with Crippen LogP contribution < -0.4 is 10.1 Å². The van der Waals surface area contributed by atoms with E-state index < -0.39 is 10.0 Å². The lowest BCUT2D eigenvalue weighted by Crippen LogP contribution is -2.43. The van der Waals surface area contributed by atoms with Crippen molar-refractivity contribution < 1.29 is 8.42 Å². The van der Waals surface area contributed by atoms with E-state index in [0.717, 1.165) is 0 Å². The molecule has 0 aliphatic carbocycles. The number of hydrazine groups is 1. The molecule has 8 heteroatoms. The first kappa shape index (κ1) is 12.6. The zero-order valence-corrected chi connectivity index (χ0v) is 11.1. The Morgan fingerprint density at radius 1 is 1.35 bits per heavy atom. The second kappa shape index (κ2) is 4.77. The van der Waals surface area contributed by atoms with Crippen LogP contribution >= 0.6 is 23.8 Å². The Labute approximate surface area is 110 Å². The van der Waals surface area contributed by atoms with Gasteiger partial charge in [-0.25, -0.2) is 8.42 Å². The van der Waals surface area contributed by atoms with E-state index in [1.165, 1.54) is 29.3 Å². The van der Waals surface area contributed by atoms with Crippen LogP contribution in [-0.4, -0.2) is 31.6 Å². The zero-order chi connectivity index (χ0) is 12.5. The molecule has 0 aromatic heterocycles. The van der Waals surface area contributed by atoms with E-state index in [0.29, 0.717) is 23.2 Å². The minimum absolute atomic E-state index is 0.150. The number of benzene rings is 1. The molecule has 2 rings (SSSR count). The van der Waals surface area contributed by atoms with Gasteiger partial charge in [0.25, 0.3) is 10.0 Å². The van der Waals surface area contributed by atoms with E-state index in [-0.39, 0.29) is 4.90 Å². The summed E-state index contributed by atoms with van der Waals surface area (Å²) in [6.07, 6.45) is 0. The van der Waals surface area contributed by atoms with Gasteiger partial charge in [-0.1, -0.05) is 11.6 Å². The second-order valence-electron chi connectivity index (χ2n) is 3.43. The first-order valence-corrected chi connectivity index (χ1v) is 7.09. The van der Waals surface area contributed by atoms with Gasteiger partial charge < -0.3 is 5.32 Å². The summed E-state index contributed by atoms with van der Waals surface area (Å²) in [7, 11) is -3.60. The fourth-order valence-corrected chi connectivity index (χ4v) is 2.87. The molecule has 1 fully saturated rings. The average Bonchev–Trinajstić information content (AvgIpc) is 2.64. The van der Waals surface area contributed by atoms with Crippen LogP contribution in [0.4, 0.5) is 0 Å². The fourth-order valence-electron chi connectivity index (χ4n) is 1.37. The van der Waals surface area contributed by atoms with Crippen LogP contribution in [0.2, 0.25) is 5.02 Å². The molecule has 0 amide bonds. The first-order valence-electron chi connectivity index (χ1n) is 4.82. The van der Waals surface area contributed by atoms with Gasteiger partial charge >= 0.3 is 0 Å². The summed E-state index contributed by atoms with van der Waals surface area (Å²) in [6, 6.07) is 5.93. The van der Waals surface area contributed by atoms with Crippen molar-refractivity contribution in [1.29, 1.82) is 0 Å². The highest BCUT2D eigenvalue weighted by atomic mass is 35.5. The van der Waals surface area contributed by atoms with Gasteiger partial charge in [-0.2, -0.15) is 0 Å². The van der Waals surface area contributed by atoms with Crippen molar-refractivity contribution in [3.63, 3.8) is 0 Å². The number of nitrogens with one attached hydrogen (secondary N) is 2. The maximum absolute atomic E-state index is 12.0. The van der Waals surface area contributed by atoms with Gasteiger partial charge in [-0.05, 0) is 36.5 Å². The monoisotopic (exact) mass is 291 g/mol. The van der Waals surface area contributed by atoms with Crippen LogP contribution in [0.3, 0.4) is 0 Å². The Morgan fingerprint density at radius 2 is 2.00 bits per heavy atom. The molecule has 1 aromatic rings. The highest BCUT2D eigenvalue weighted by molar-refractivity contribution is 7.89. The van der Waals surface area contributed by atoms with Crippen molar-refractivity contribution >= 4 is 39.0 Å². The molecule has 92 valence electrons. The standard InChI is InChI=1S/C9H10ClN3O2S2/c10-7-1-3-8(4-2-7)17(14,15)12-13-6-5-11-9(13)16/h1-4,12H,5-6H2,(H,11,16). The number of halogens is 1. The Hall–Kier alpha value is -0.890. The van der Waals surface area contributed by atoms with E-state index in [2.05, 4.69) is 10.1 Å². The summed E-state index contributed by atoms with van der Waals surface area (Å²) in [5.74, 6) is 0. The Balaban J connectivity index is 2.19. The van der Waals surface area contributed by atoms with E-state index in [4.69, 9.17) is 23.8 Å². The molecule has 1 saturated heterocycles. The predicted molar refractivity (Wildman–Crippen MR) is 69.1 cm³/mol. The minimum Gasteiger partial charge on any atom is -0.360 e. The topological polar surface area (TPSA) is 61.4 Å². The lowest BCUT2D eigenvalue weighted by atomic mass is 10.4. The summed E-state index contributed by atoms with van der Waals surface area (Å²) >= 11 is 10.6. The number of hydrogen-bond donors (Lipinski definition) is 2. The van der Waals surface area contributed by atoms with Gasteiger partial charge in [-0.3, -0.25) is 5.01 Å². The van der Waals surface area contributed by atoms with Crippen molar-refractivity contribution in [3.05, 3.63) is 29.3 Å². The molecule has 0 spiro atoms. The maximum Gasteiger partial charge on any atom is 0.257 e. The fraction of sp³-hybridized carbons (Fsp3) is 0.222. The maximum atomic E-state index is 12.0. The third-order valence-corrected chi connectivity index (χ3v) is 4.18. The lowest BCUT2D eigenvalue weighted by molar-refractivity contribution is 0.418. The largest absolute Gasteiger partial charge is 0.360 e. The van der Waals surface area contributed by atoms with Gasteiger partial charge in [-0.15, -0.1) is 4.83 Å². The number of rotatable bonds is 3. The Morgan fingerprint density at radius 3 is 2.53 bits per heavy atom. The summed E-state index contributed by atoms with van der Waals surface area (Å²) < 4.78 is 23.9. The van der Waals surface area contributed by atoms with Crippen LogP contribution in [0.25, 0.3) is 0 Å². The van der Waals surface area contributed by atoms with E-state index in [1.54, 1.807) is 0 Å². The second-order valence-corrected chi connectivity index (χ2v) is 5.92. The van der Waals surface area contributed by atoms with Crippen LogP contribution in [0.1, 0.15) is 0 Å². The van der Waals surface area contributed by atoms with Gasteiger partial charge in [0.15, 0.2) is 5.11 Å². The molecule has 1 aliphatic heterocycles. The third kappa shape index (κ3) is 2.86. The van der Waals surface area contributed by atoms with Crippen molar-refractivity contribution in [2.75, 3.05) is 13.1 Å². The summed E-state index contributed by atoms with van der Waals surface area (Å²) in [4.78, 5) is 2.55. The molecule has 0 radical (unpaired) electrons. The molecular formula is C9H10ClN3O2S2. The normalized spacial score (nSPS) is 16.1. The summed E-state index contributed by atoms with van der Waals surface area (Å²) in [6.45, 7) is 1.13. The van der Waals surface area contributed by atoms with Crippen molar-refractivity contribution in [2.45, 2.75) is 4.90 Å². The first-order chi connectivity index (χ1) is 7.99. The molecule has 0 saturated carbocycles. The van der Waals surface area contributed by atoms with Crippen molar-refractivity contribution in [1.82, 2.24) is 15.2 Å². The van der Waals surface area contributed by atoms with Gasteiger partial charge in [0.1, 0.15) is 0 Å². The van der Waals surface area contributed by atoms with Crippen molar-refractivity contribution in [2.24, 2.45) is 0 Å². The van der Waals surface area contributed by atoms with Crippen molar-refractivity contribution in [3.8, 4) is 0 Å². The third-order valence-electron chi connectivity index (χ3n) is 2.21. The molecule has 0 atom stereocenters. The van der Waals surface area contributed by atoms with E-state index >= 15 is 0 Å². The quantitative estimate of drug-likeness (QED) is 0.804. The smallest absolute Gasteiger partial charge is 0.257 e. The van der Waals surface area contributed by atoms with Gasteiger partial charge in [0, 0.05) is 11.6 Å². The van der Waals surface area contributed by atoms with E-state index in [1.807, 2.05) is 0 Å². The molecule has 1 aliphatic rings. The molecule has 2 N–H and O–H groups in total.